The molecule has 1 heterocycles. The van der Waals surface area contributed by atoms with Crippen LogP contribution in [0.15, 0.2) is 0 Å². The molecule has 0 aliphatic carbocycles. The largest absolute Gasteiger partial charge is 0.445 e. The lowest BCUT2D eigenvalue weighted by Crippen LogP contribution is -2.29. The highest BCUT2D eigenvalue weighted by Crippen LogP contribution is 2.09. The van der Waals surface area contributed by atoms with Crippen molar-refractivity contribution < 1.29 is 9.53 Å². The lowest BCUT2D eigenvalue weighted by molar-refractivity contribution is 0.107. The molecular weight excluding hydrogens is 180 g/mol. The summed E-state index contributed by atoms with van der Waals surface area (Å²) in [6, 6.07) is 0.166. The van der Waals surface area contributed by atoms with Gasteiger partial charge in [-0.25, -0.2) is 4.79 Å². The SMILES string of the molecule is CC#C[C@H]1C[C@H](OC(=O)NCC)CN1. The van der Waals surface area contributed by atoms with E-state index < -0.39 is 0 Å². The zero-order valence-corrected chi connectivity index (χ0v) is 8.59. The normalized spacial score (nSPS) is 25.0. The first-order chi connectivity index (χ1) is 6.76. The third-order valence-electron chi connectivity index (χ3n) is 2.00. The number of amides is 1. The van der Waals surface area contributed by atoms with Gasteiger partial charge in [-0.1, -0.05) is 5.92 Å². The maximum Gasteiger partial charge on any atom is 0.407 e. The summed E-state index contributed by atoms with van der Waals surface area (Å²) in [5.41, 5.74) is 0. The second kappa shape index (κ2) is 5.51. The molecule has 0 spiro atoms. The van der Waals surface area contributed by atoms with E-state index in [0.29, 0.717) is 13.1 Å². The van der Waals surface area contributed by atoms with Gasteiger partial charge in [0.2, 0.25) is 0 Å². The van der Waals surface area contributed by atoms with Crippen molar-refractivity contribution in [1.29, 1.82) is 0 Å². The van der Waals surface area contributed by atoms with Crippen LogP contribution in [0.25, 0.3) is 0 Å². The van der Waals surface area contributed by atoms with Crippen LogP contribution < -0.4 is 10.6 Å². The number of hydrogen-bond donors (Lipinski definition) is 2. The molecule has 14 heavy (non-hydrogen) atoms. The third kappa shape index (κ3) is 3.27. The average molecular weight is 196 g/mol. The smallest absolute Gasteiger partial charge is 0.407 e. The summed E-state index contributed by atoms with van der Waals surface area (Å²) in [7, 11) is 0. The molecular formula is C10H16N2O2. The van der Waals surface area contributed by atoms with Gasteiger partial charge in [-0.3, -0.25) is 5.32 Å². The van der Waals surface area contributed by atoms with Crippen LogP contribution in [0, 0.1) is 11.8 Å². The minimum absolute atomic E-state index is 0.0487. The summed E-state index contributed by atoms with van der Waals surface area (Å²) in [5, 5.41) is 5.77. The first kappa shape index (κ1) is 10.9. The van der Waals surface area contributed by atoms with E-state index in [1.165, 1.54) is 0 Å². The van der Waals surface area contributed by atoms with Gasteiger partial charge in [0.25, 0.3) is 0 Å². The predicted molar refractivity (Wildman–Crippen MR) is 53.8 cm³/mol. The molecule has 0 bridgehead atoms. The van der Waals surface area contributed by atoms with Gasteiger partial charge in [-0.2, -0.15) is 0 Å². The van der Waals surface area contributed by atoms with Gasteiger partial charge >= 0.3 is 6.09 Å². The third-order valence-corrected chi connectivity index (χ3v) is 2.00. The molecule has 1 rings (SSSR count). The van der Waals surface area contributed by atoms with Gasteiger partial charge in [0.05, 0.1) is 6.04 Å². The Kier molecular flexibility index (Phi) is 4.27. The molecule has 1 amide bonds. The molecule has 1 fully saturated rings. The second-order valence-corrected chi connectivity index (χ2v) is 3.15. The van der Waals surface area contributed by atoms with Crippen molar-refractivity contribution in [3.8, 4) is 11.8 Å². The number of carbonyl (C=O) groups excluding carboxylic acids is 1. The van der Waals surface area contributed by atoms with Gasteiger partial charge in [0.15, 0.2) is 0 Å². The van der Waals surface area contributed by atoms with E-state index in [-0.39, 0.29) is 18.2 Å². The summed E-state index contributed by atoms with van der Waals surface area (Å²) in [5.74, 6) is 5.85. The predicted octanol–water partition coefficient (Wildman–Crippen LogP) is 0.486. The number of nitrogens with one attached hydrogen (secondary N) is 2. The monoisotopic (exact) mass is 196 g/mol. The Bertz CT molecular complexity index is 255. The van der Waals surface area contributed by atoms with E-state index in [9.17, 15) is 4.79 Å². The molecule has 0 unspecified atom stereocenters. The lowest BCUT2D eigenvalue weighted by atomic mass is 10.2. The zero-order valence-electron chi connectivity index (χ0n) is 8.59. The molecule has 1 saturated heterocycles. The summed E-state index contributed by atoms with van der Waals surface area (Å²) >= 11 is 0. The molecule has 1 aliphatic heterocycles. The van der Waals surface area contributed by atoms with Crippen LogP contribution in [0.3, 0.4) is 0 Å². The zero-order chi connectivity index (χ0) is 10.4. The Hall–Kier alpha value is -1.21. The van der Waals surface area contributed by atoms with E-state index in [4.69, 9.17) is 4.74 Å². The van der Waals surface area contributed by atoms with Crippen LogP contribution in [-0.4, -0.2) is 31.3 Å². The van der Waals surface area contributed by atoms with Gasteiger partial charge in [0, 0.05) is 19.5 Å². The van der Waals surface area contributed by atoms with Crippen molar-refractivity contribution in [2.45, 2.75) is 32.4 Å². The maximum absolute atomic E-state index is 11.1. The van der Waals surface area contributed by atoms with Crippen LogP contribution >= 0.6 is 0 Å². The Labute approximate surface area is 84.4 Å². The Morgan fingerprint density at radius 2 is 2.50 bits per heavy atom. The molecule has 0 saturated carbocycles. The van der Waals surface area contributed by atoms with Gasteiger partial charge in [-0.05, 0) is 13.8 Å². The highest BCUT2D eigenvalue weighted by molar-refractivity contribution is 5.67. The summed E-state index contributed by atoms with van der Waals surface area (Å²) < 4.78 is 5.15. The first-order valence-corrected chi connectivity index (χ1v) is 4.86. The Balaban J connectivity index is 2.27. The van der Waals surface area contributed by atoms with Crippen LogP contribution in [-0.2, 0) is 4.74 Å². The quantitative estimate of drug-likeness (QED) is 0.632. The molecule has 1 aliphatic rings. The molecule has 0 aromatic heterocycles. The van der Waals surface area contributed by atoms with E-state index in [1.807, 2.05) is 6.92 Å². The van der Waals surface area contributed by atoms with Crippen molar-refractivity contribution in [1.82, 2.24) is 10.6 Å². The number of ether oxygens (including phenoxy) is 1. The summed E-state index contributed by atoms with van der Waals surface area (Å²) in [6.07, 6.45) is 0.384. The minimum atomic E-state index is -0.343. The minimum Gasteiger partial charge on any atom is -0.445 e. The fraction of sp³-hybridized carbons (Fsp3) is 0.700. The van der Waals surface area contributed by atoms with Crippen LogP contribution in [0.5, 0.6) is 0 Å². The lowest BCUT2D eigenvalue weighted by Gasteiger charge is -2.10. The highest BCUT2D eigenvalue weighted by Gasteiger charge is 2.25. The van der Waals surface area contributed by atoms with Gasteiger partial charge in [-0.15, -0.1) is 5.92 Å². The molecule has 4 nitrogen and oxygen atoms in total. The number of alkyl carbamates (subject to hydrolysis) is 1. The Morgan fingerprint density at radius 1 is 1.71 bits per heavy atom. The number of rotatable bonds is 2. The topological polar surface area (TPSA) is 50.4 Å². The van der Waals surface area contributed by atoms with E-state index >= 15 is 0 Å². The van der Waals surface area contributed by atoms with Crippen LogP contribution in [0.1, 0.15) is 20.3 Å². The van der Waals surface area contributed by atoms with Crippen LogP contribution in [0.4, 0.5) is 4.79 Å². The molecule has 4 heteroatoms. The van der Waals surface area contributed by atoms with Crippen LogP contribution in [0.2, 0.25) is 0 Å². The van der Waals surface area contributed by atoms with E-state index in [2.05, 4.69) is 22.5 Å². The number of hydrogen-bond acceptors (Lipinski definition) is 3. The van der Waals surface area contributed by atoms with E-state index in [0.717, 1.165) is 6.42 Å². The molecule has 2 N–H and O–H groups in total. The summed E-state index contributed by atoms with van der Waals surface area (Å²) in [6.45, 7) is 4.95. The fourth-order valence-corrected chi connectivity index (χ4v) is 1.41. The molecule has 0 aromatic carbocycles. The number of carbonyl (C=O) groups is 1. The van der Waals surface area contributed by atoms with Crippen molar-refractivity contribution >= 4 is 6.09 Å². The fourth-order valence-electron chi connectivity index (χ4n) is 1.41. The van der Waals surface area contributed by atoms with Crippen molar-refractivity contribution in [2.75, 3.05) is 13.1 Å². The van der Waals surface area contributed by atoms with Crippen molar-refractivity contribution in [3.05, 3.63) is 0 Å². The summed E-state index contributed by atoms with van der Waals surface area (Å²) in [4.78, 5) is 11.1. The highest BCUT2D eigenvalue weighted by atomic mass is 16.6. The maximum atomic E-state index is 11.1. The average Bonchev–Trinajstić information content (AvgIpc) is 2.53. The second-order valence-electron chi connectivity index (χ2n) is 3.15. The molecule has 78 valence electrons. The van der Waals surface area contributed by atoms with Crippen molar-refractivity contribution in [3.63, 3.8) is 0 Å². The first-order valence-electron chi connectivity index (χ1n) is 4.86. The Morgan fingerprint density at radius 3 is 3.14 bits per heavy atom. The van der Waals surface area contributed by atoms with Gasteiger partial charge in [0.1, 0.15) is 6.10 Å². The van der Waals surface area contributed by atoms with Crippen molar-refractivity contribution in [2.24, 2.45) is 0 Å². The van der Waals surface area contributed by atoms with E-state index in [1.54, 1.807) is 6.92 Å². The van der Waals surface area contributed by atoms with Gasteiger partial charge < -0.3 is 10.1 Å². The molecule has 0 radical (unpaired) electrons. The molecule has 2 atom stereocenters. The molecule has 0 aromatic rings. The standard InChI is InChI=1S/C10H16N2O2/c1-3-5-8-6-9(7-12-8)14-10(13)11-4-2/h8-9,12H,4,6-7H2,1-2H3,(H,11,13)/t8-,9-/m0/s1.